The van der Waals surface area contributed by atoms with Gasteiger partial charge in [-0.2, -0.15) is 0 Å². The third-order valence-electron chi connectivity index (χ3n) is 3.20. The topological polar surface area (TPSA) is 92.7 Å². The molecule has 120 valence electrons. The number of carbonyl (C=O) groups is 2. The van der Waals surface area contributed by atoms with Crippen LogP contribution in [0.15, 0.2) is 75.4 Å². The molecule has 0 radical (unpaired) electrons. The lowest BCUT2D eigenvalue weighted by atomic mass is 10.2. The number of benzene rings is 1. The quantitative estimate of drug-likeness (QED) is 0.702. The van der Waals surface area contributed by atoms with Crippen molar-refractivity contribution in [3.8, 4) is 11.3 Å². The average molecular weight is 323 g/mol. The van der Waals surface area contributed by atoms with Crippen LogP contribution in [0, 0.1) is 0 Å². The van der Waals surface area contributed by atoms with Gasteiger partial charge in [-0.15, -0.1) is 0 Å². The zero-order valence-corrected chi connectivity index (χ0v) is 12.4. The summed E-state index contributed by atoms with van der Waals surface area (Å²) in [5, 5.41) is 11.5. The summed E-state index contributed by atoms with van der Waals surface area (Å²) in [5.74, 6) is -1.00. The normalized spacial score (nSPS) is 11.2. The van der Waals surface area contributed by atoms with Gasteiger partial charge in [-0.3, -0.25) is 4.79 Å². The molecule has 0 saturated carbocycles. The van der Waals surface area contributed by atoms with Crippen LogP contribution in [-0.4, -0.2) is 17.0 Å². The lowest BCUT2D eigenvalue weighted by Gasteiger charge is -2.03. The van der Waals surface area contributed by atoms with Crippen molar-refractivity contribution in [3.05, 3.63) is 78.1 Å². The van der Waals surface area contributed by atoms with Crippen LogP contribution >= 0.6 is 0 Å². The predicted octanol–water partition coefficient (Wildman–Crippen LogP) is 3.40. The van der Waals surface area contributed by atoms with Crippen molar-refractivity contribution >= 4 is 18.0 Å². The van der Waals surface area contributed by atoms with Crippen molar-refractivity contribution in [2.75, 3.05) is 0 Å². The number of carbonyl (C=O) groups excluding carboxylic acids is 1. The van der Waals surface area contributed by atoms with Crippen LogP contribution in [0.25, 0.3) is 17.4 Å². The first-order chi connectivity index (χ1) is 11.6. The maximum Gasteiger partial charge on any atom is 0.352 e. The van der Waals surface area contributed by atoms with E-state index >= 15 is 0 Å². The number of hydrogen-bond acceptors (Lipinski definition) is 4. The molecule has 0 aliphatic rings. The SMILES string of the molecule is O=C(O)C(=Cc1ccc(-c2ccccc2)o1)NC(=O)c1ccco1. The van der Waals surface area contributed by atoms with E-state index < -0.39 is 11.9 Å². The molecule has 0 fully saturated rings. The Morgan fingerprint density at radius 2 is 1.79 bits per heavy atom. The number of carboxylic acids is 1. The molecule has 0 aliphatic heterocycles. The number of furan rings is 2. The molecule has 3 aromatic rings. The molecule has 6 heteroatoms. The summed E-state index contributed by atoms with van der Waals surface area (Å²) in [6.45, 7) is 0. The van der Waals surface area contributed by atoms with E-state index in [1.165, 1.54) is 24.5 Å². The molecular weight excluding hydrogens is 310 g/mol. The van der Waals surface area contributed by atoms with Crippen LogP contribution < -0.4 is 5.32 Å². The van der Waals surface area contributed by atoms with Gasteiger partial charge in [-0.1, -0.05) is 30.3 Å². The Hall–Kier alpha value is -3.54. The summed E-state index contributed by atoms with van der Waals surface area (Å²) in [6, 6.07) is 15.7. The molecule has 1 amide bonds. The Bertz CT molecular complexity index is 875. The second-order valence-corrected chi connectivity index (χ2v) is 4.86. The second kappa shape index (κ2) is 6.70. The Morgan fingerprint density at radius 3 is 2.46 bits per heavy atom. The zero-order chi connectivity index (χ0) is 16.9. The molecule has 0 aliphatic carbocycles. The van der Waals surface area contributed by atoms with Gasteiger partial charge in [-0.05, 0) is 24.3 Å². The van der Waals surface area contributed by atoms with Gasteiger partial charge in [0, 0.05) is 11.6 Å². The first-order valence-corrected chi connectivity index (χ1v) is 7.08. The molecule has 2 heterocycles. The highest BCUT2D eigenvalue weighted by atomic mass is 16.4. The standard InChI is InChI=1S/C18H13NO5/c20-17(16-7-4-10-23-16)19-14(18(21)22)11-13-8-9-15(24-13)12-5-2-1-3-6-12/h1-11H,(H,19,20)(H,21,22). The van der Waals surface area contributed by atoms with Gasteiger partial charge in [-0.25, -0.2) is 4.79 Å². The Kier molecular flexibility index (Phi) is 4.29. The predicted molar refractivity (Wildman–Crippen MR) is 85.9 cm³/mol. The number of amides is 1. The molecule has 0 saturated heterocycles. The maximum atomic E-state index is 11.9. The molecule has 2 aromatic heterocycles. The minimum absolute atomic E-state index is 0.0200. The van der Waals surface area contributed by atoms with Gasteiger partial charge in [0.05, 0.1) is 6.26 Å². The van der Waals surface area contributed by atoms with Crippen molar-refractivity contribution in [3.63, 3.8) is 0 Å². The van der Waals surface area contributed by atoms with Crippen LogP contribution in [0.1, 0.15) is 16.3 Å². The van der Waals surface area contributed by atoms with Crippen LogP contribution in [0.2, 0.25) is 0 Å². The van der Waals surface area contributed by atoms with Gasteiger partial charge in [0.25, 0.3) is 5.91 Å². The Balaban J connectivity index is 1.83. The Morgan fingerprint density at radius 1 is 1.00 bits per heavy atom. The second-order valence-electron chi connectivity index (χ2n) is 4.86. The lowest BCUT2D eigenvalue weighted by molar-refractivity contribution is -0.132. The van der Waals surface area contributed by atoms with E-state index in [1.54, 1.807) is 12.1 Å². The summed E-state index contributed by atoms with van der Waals surface area (Å²) in [4.78, 5) is 23.2. The van der Waals surface area contributed by atoms with E-state index in [0.29, 0.717) is 11.5 Å². The molecule has 0 bridgehead atoms. The van der Waals surface area contributed by atoms with Crippen molar-refractivity contribution in [2.24, 2.45) is 0 Å². The van der Waals surface area contributed by atoms with Gasteiger partial charge in [0.2, 0.25) is 0 Å². The number of rotatable bonds is 5. The van der Waals surface area contributed by atoms with Crippen LogP contribution in [0.4, 0.5) is 0 Å². The third-order valence-corrected chi connectivity index (χ3v) is 3.20. The van der Waals surface area contributed by atoms with Gasteiger partial charge < -0.3 is 19.3 Å². The van der Waals surface area contributed by atoms with Gasteiger partial charge >= 0.3 is 5.97 Å². The summed E-state index contributed by atoms with van der Waals surface area (Å²) >= 11 is 0. The van der Waals surface area contributed by atoms with E-state index in [1.807, 2.05) is 30.3 Å². The summed E-state index contributed by atoms with van der Waals surface area (Å²) < 4.78 is 10.5. The summed E-state index contributed by atoms with van der Waals surface area (Å²) in [6.07, 6.45) is 2.58. The highest BCUT2D eigenvalue weighted by Gasteiger charge is 2.16. The number of nitrogens with one attached hydrogen (secondary N) is 1. The van der Waals surface area contributed by atoms with Gasteiger partial charge in [0.15, 0.2) is 5.76 Å². The smallest absolute Gasteiger partial charge is 0.352 e. The largest absolute Gasteiger partial charge is 0.477 e. The van der Waals surface area contributed by atoms with Crippen molar-refractivity contribution in [1.82, 2.24) is 5.32 Å². The lowest BCUT2D eigenvalue weighted by Crippen LogP contribution is -2.26. The van der Waals surface area contributed by atoms with Crippen molar-refractivity contribution in [1.29, 1.82) is 0 Å². The first-order valence-electron chi connectivity index (χ1n) is 7.08. The molecule has 0 unspecified atom stereocenters. The van der Waals surface area contributed by atoms with E-state index in [4.69, 9.17) is 8.83 Å². The fourth-order valence-corrected chi connectivity index (χ4v) is 2.07. The number of carboxylic acid groups (broad SMARTS) is 1. The monoisotopic (exact) mass is 323 g/mol. The fourth-order valence-electron chi connectivity index (χ4n) is 2.07. The highest BCUT2D eigenvalue weighted by Crippen LogP contribution is 2.22. The zero-order valence-electron chi connectivity index (χ0n) is 12.4. The molecule has 24 heavy (non-hydrogen) atoms. The van der Waals surface area contributed by atoms with E-state index in [9.17, 15) is 14.7 Å². The third kappa shape index (κ3) is 3.44. The molecule has 2 N–H and O–H groups in total. The van der Waals surface area contributed by atoms with E-state index in [2.05, 4.69) is 5.32 Å². The molecule has 1 aromatic carbocycles. The molecule has 0 atom stereocenters. The summed E-state index contributed by atoms with van der Waals surface area (Å²) in [7, 11) is 0. The van der Waals surface area contributed by atoms with E-state index in [0.717, 1.165) is 5.56 Å². The Labute approximate surface area is 137 Å². The molecule has 0 spiro atoms. The number of aliphatic carboxylic acids is 1. The van der Waals surface area contributed by atoms with Crippen molar-refractivity contribution in [2.45, 2.75) is 0 Å². The molecule has 3 rings (SSSR count). The van der Waals surface area contributed by atoms with Gasteiger partial charge in [0.1, 0.15) is 17.2 Å². The van der Waals surface area contributed by atoms with Crippen molar-refractivity contribution < 1.29 is 23.5 Å². The minimum Gasteiger partial charge on any atom is -0.477 e. The van der Waals surface area contributed by atoms with Crippen LogP contribution in [0.5, 0.6) is 0 Å². The highest BCUT2D eigenvalue weighted by molar-refractivity contribution is 6.01. The number of hydrogen-bond donors (Lipinski definition) is 2. The maximum absolute atomic E-state index is 11.9. The summed E-state index contributed by atoms with van der Waals surface area (Å²) in [5.41, 5.74) is 0.555. The first kappa shape index (κ1) is 15.4. The van der Waals surface area contributed by atoms with Crippen LogP contribution in [0.3, 0.4) is 0 Å². The average Bonchev–Trinajstić information content (AvgIpc) is 3.27. The molecular formula is C18H13NO5. The minimum atomic E-state index is -1.28. The fraction of sp³-hybridized carbons (Fsp3) is 0. The van der Waals surface area contributed by atoms with E-state index in [-0.39, 0.29) is 11.5 Å². The molecule has 6 nitrogen and oxygen atoms in total. The van der Waals surface area contributed by atoms with Crippen LogP contribution in [-0.2, 0) is 4.79 Å².